The average Bonchev–Trinajstić information content (AvgIpc) is 2.91. The third-order valence-corrected chi connectivity index (χ3v) is 4.44. The minimum Gasteiger partial charge on any atom is -0.380 e. The molecule has 0 amide bonds. The summed E-state index contributed by atoms with van der Waals surface area (Å²) in [7, 11) is 0. The SMILES string of the molecule is OC1(c2nc(C3Cc4ccccc43)no2)CCNCC1. The highest BCUT2D eigenvalue weighted by Crippen LogP contribution is 2.39. The van der Waals surface area contributed by atoms with Gasteiger partial charge in [-0.1, -0.05) is 29.4 Å². The molecule has 1 aromatic carbocycles. The smallest absolute Gasteiger partial charge is 0.258 e. The van der Waals surface area contributed by atoms with Crippen LogP contribution in [0.25, 0.3) is 0 Å². The van der Waals surface area contributed by atoms with Crippen LogP contribution in [0.5, 0.6) is 0 Å². The lowest BCUT2D eigenvalue weighted by Gasteiger charge is -2.29. The van der Waals surface area contributed by atoms with Gasteiger partial charge in [-0.25, -0.2) is 0 Å². The van der Waals surface area contributed by atoms with Gasteiger partial charge >= 0.3 is 0 Å². The Morgan fingerprint density at radius 2 is 2.05 bits per heavy atom. The third-order valence-electron chi connectivity index (χ3n) is 4.44. The fourth-order valence-corrected chi connectivity index (χ4v) is 3.11. The second-order valence-corrected chi connectivity index (χ2v) is 5.69. The van der Waals surface area contributed by atoms with Crippen LogP contribution in [0.15, 0.2) is 28.8 Å². The molecule has 20 heavy (non-hydrogen) atoms. The van der Waals surface area contributed by atoms with Gasteiger partial charge < -0.3 is 14.9 Å². The Labute approximate surface area is 117 Å². The van der Waals surface area contributed by atoms with Crippen molar-refractivity contribution in [1.29, 1.82) is 0 Å². The van der Waals surface area contributed by atoms with Crippen molar-refractivity contribution in [3.8, 4) is 0 Å². The van der Waals surface area contributed by atoms with Gasteiger partial charge in [0.2, 0.25) is 0 Å². The minimum atomic E-state index is -0.959. The number of piperidine rings is 1. The van der Waals surface area contributed by atoms with E-state index in [1.807, 2.05) is 6.07 Å². The molecule has 1 aromatic heterocycles. The summed E-state index contributed by atoms with van der Waals surface area (Å²) < 4.78 is 5.34. The molecule has 4 rings (SSSR count). The van der Waals surface area contributed by atoms with Crippen molar-refractivity contribution in [2.75, 3.05) is 13.1 Å². The molecular weight excluding hydrogens is 254 g/mol. The van der Waals surface area contributed by atoms with Crippen molar-refractivity contribution in [1.82, 2.24) is 15.5 Å². The Morgan fingerprint density at radius 3 is 2.85 bits per heavy atom. The van der Waals surface area contributed by atoms with Crippen molar-refractivity contribution in [2.45, 2.75) is 30.8 Å². The Hall–Kier alpha value is -1.72. The Balaban J connectivity index is 1.61. The van der Waals surface area contributed by atoms with Crippen molar-refractivity contribution in [3.63, 3.8) is 0 Å². The van der Waals surface area contributed by atoms with Gasteiger partial charge in [-0.05, 0) is 43.5 Å². The summed E-state index contributed by atoms with van der Waals surface area (Å²) in [5, 5.41) is 17.9. The molecule has 0 radical (unpaired) electrons. The van der Waals surface area contributed by atoms with E-state index in [2.05, 4.69) is 33.7 Å². The second-order valence-electron chi connectivity index (χ2n) is 5.69. The van der Waals surface area contributed by atoms with E-state index in [4.69, 9.17) is 4.52 Å². The van der Waals surface area contributed by atoms with Gasteiger partial charge in [-0.3, -0.25) is 0 Å². The van der Waals surface area contributed by atoms with Gasteiger partial charge in [0.25, 0.3) is 5.89 Å². The van der Waals surface area contributed by atoms with E-state index in [1.54, 1.807) is 0 Å². The zero-order valence-electron chi connectivity index (χ0n) is 11.2. The minimum absolute atomic E-state index is 0.217. The fourth-order valence-electron chi connectivity index (χ4n) is 3.11. The molecule has 104 valence electrons. The average molecular weight is 271 g/mol. The number of hydrogen-bond donors (Lipinski definition) is 2. The molecule has 2 aromatic rings. The lowest BCUT2D eigenvalue weighted by Crippen LogP contribution is -2.40. The number of aliphatic hydroxyl groups is 1. The normalized spacial score (nSPS) is 23.9. The van der Waals surface area contributed by atoms with Crippen molar-refractivity contribution in [3.05, 3.63) is 47.1 Å². The standard InChI is InChI=1S/C15H17N3O2/c19-15(5-7-16-8-6-15)14-17-13(18-20-14)12-9-10-3-1-2-4-11(10)12/h1-4,12,16,19H,5-9H2. The van der Waals surface area contributed by atoms with E-state index in [9.17, 15) is 5.11 Å². The monoisotopic (exact) mass is 271 g/mol. The van der Waals surface area contributed by atoms with Gasteiger partial charge in [-0.15, -0.1) is 0 Å². The quantitative estimate of drug-likeness (QED) is 0.862. The van der Waals surface area contributed by atoms with E-state index >= 15 is 0 Å². The Bertz CT molecular complexity index is 632. The Morgan fingerprint density at radius 1 is 1.25 bits per heavy atom. The van der Waals surface area contributed by atoms with Gasteiger partial charge in [0, 0.05) is 0 Å². The first-order chi connectivity index (χ1) is 9.76. The number of nitrogens with zero attached hydrogens (tertiary/aromatic N) is 2. The lowest BCUT2D eigenvalue weighted by atomic mass is 9.77. The molecule has 2 N–H and O–H groups in total. The predicted molar refractivity (Wildman–Crippen MR) is 72.3 cm³/mol. The van der Waals surface area contributed by atoms with Crippen molar-refractivity contribution >= 4 is 0 Å². The highest BCUT2D eigenvalue weighted by Gasteiger charge is 2.39. The first-order valence-corrected chi connectivity index (χ1v) is 7.11. The van der Waals surface area contributed by atoms with Crippen LogP contribution in [0.3, 0.4) is 0 Å². The molecule has 1 atom stereocenters. The van der Waals surface area contributed by atoms with E-state index in [0.717, 1.165) is 19.5 Å². The zero-order chi connectivity index (χ0) is 13.6. The number of rotatable bonds is 2. The molecule has 1 fully saturated rings. The lowest BCUT2D eigenvalue weighted by molar-refractivity contribution is -0.0228. The number of hydrogen-bond acceptors (Lipinski definition) is 5. The first kappa shape index (κ1) is 12.1. The van der Waals surface area contributed by atoms with Crippen molar-refractivity contribution in [2.24, 2.45) is 0 Å². The molecule has 0 bridgehead atoms. The largest absolute Gasteiger partial charge is 0.380 e. The van der Waals surface area contributed by atoms with Crippen LogP contribution in [0.1, 0.15) is 41.6 Å². The topological polar surface area (TPSA) is 71.2 Å². The van der Waals surface area contributed by atoms with Crippen LogP contribution in [0, 0.1) is 0 Å². The van der Waals surface area contributed by atoms with Gasteiger partial charge in [0.05, 0.1) is 5.92 Å². The maximum absolute atomic E-state index is 10.6. The van der Waals surface area contributed by atoms with Crippen molar-refractivity contribution < 1.29 is 9.63 Å². The van der Waals surface area contributed by atoms with Crippen LogP contribution in [-0.2, 0) is 12.0 Å². The molecule has 2 heterocycles. The van der Waals surface area contributed by atoms with E-state index in [-0.39, 0.29) is 5.92 Å². The van der Waals surface area contributed by atoms with Gasteiger partial charge in [0.1, 0.15) is 5.60 Å². The third kappa shape index (κ3) is 1.77. The number of aromatic nitrogens is 2. The molecule has 0 saturated carbocycles. The molecule has 1 aliphatic carbocycles. The number of benzene rings is 1. The number of fused-ring (bicyclic) bond motifs is 1. The summed E-state index contributed by atoms with van der Waals surface area (Å²) >= 11 is 0. The molecule has 1 saturated heterocycles. The molecule has 2 aliphatic rings. The van der Waals surface area contributed by atoms with E-state index in [1.165, 1.54) is 11.1 Å². The molecule has 5 nitrogen and oxygen atoms in total. The van der Waals surface area contributed by atoms with Crippen LogP contribution < -0.4 is 5.32 Å². The zero-order valence-corrected chi connectivity index (χ0v) is 11.2. The summed E-state index contributed by atoms with van der Waals surface area (Å²) in [5.41, 5.74) is 1.67. The highest BCUT2D eigenvalue weighted by molar-refractivity contribution is 5.43. The fraction of sp³-hybridized carbons (Fsp3) is 0.467. The molecule has 1 unspecified atom stereocenters. The Kier molecular flexibility index (Phi) is 2.65. The summed E-state index contributed by atoms with van der Waals surface area (Å²) in [5.74, 6) is 1.29. The van der Waals surface area contributed by atoms with E-state index < -0.39 is 5.60 Å². The predicted octanol–water partition coefficient (Wildman–Crippen LogP) is 1.33. The van der Waals surface area contributed by atoms with E-state index in [0.29, 0.717) is 24.6 Å². The summed E-state index contributed by atoms with van der Waals surface area (Å²) in [6.45, 7) is 1.56. The van der Waals surface area contributed by atoms with Crippen LogP contribution in [0.4, 0.5) is 0 Å². The van der Waals surface area contributed by atoms with Crippen LogP contribution >= 0.6 is 0 Å². The highest BCUT2D eigenvalue weighted by atomic mass is 16.5. The summed E-state index contributed by atoms with van der Waals surface area (Å²) in [6, 6.07) is 8.33. The molecular formula is C15H17N3O2. The molecule has 1 aliphatic heterocycles. The first-order valence-electron chi connectivity index (χ1n) is 7.11. The summed E-state index contributed by atoms with van der Waals surface area (Å²) in [4.78, 5) is 4.47. The van der Waals surface area contributed by atoms with Gasteiger partial charge in [0.15, 0.2) is 5.82 Å². The molecule has 0 spiro atoms. The maximum Gasteiger partial charge on any atom is 0.258 e. The van der Waals surface area contributed by atoms with Crippen LogP contribution in [-0.4, -0.2) is 28.3 Å². The number of nitrogens with one attached hydrogen (secondary N) is 1. The van der Waals surface area contributed by atoms with Gasteiger partial charge in [-0.2, -0.15) is 4.98 Å². The van der Waals surface area contributed by atoms with Crippen LogP contribution in [0.2, 0.25) is 0 Å². The summed E-state index contributed by atoms with van der Waals surface area (Å²) in [6.07, 6.45) is 2.20. The maximum atomic E-state index is 10.6. The molecule has 5 heteroatoms. The second kappa shape index (κ2) is 4.40.